The van der Waals surface area contributed by atoms with Crippen molar-refractivity contribution in [1.29, 1.82) is 0 Å². The lowest BCUT2D eigenvalue weighted by molar-refractivity contribution is 0.0674. The maximum Gasteiger partial charge on any atom is 0.123 e. The van der Waals surface area contributed by atoms with Crippen molar-refractivity contribution in [2.45, 2.75) is 18.6 Å². The maximum absolute atomic E-state index is 13.0. The van der Waals surface area contributed by atoms with Crippen molar-refractivity contribution in [1.82, 2.24) is 5.32 Å². The normalized spacial score (nSPS) is 24.2. The SMILES string of the molecule is OC1(CNCc2cc(F)ccc2Br)CCSC1. The Morgan fingerprint density at radius 1 is 1.53 bits per heavy atom. The Morgan fingerprint density at radius 2 is 2.35 bits per heavy atom. The first-order chi connectivity index (χ1) is 8.09. The number of aliphatic hydroxyl groups is 1. The van der Waals surface area contributed by atoms with Crippen molar-refractivity contribution in [3.8, 4) is 0 Å². The summed E-state index contributed by atoms with van der Waals surface area (Å²) in [5, 5.41) is 13.3. The van der Waals surface area contributed by atoms with Gasteiger partial charge in [-0.15, -0.1) is 0 Å². The van der Waals surface area contributed by atoms with E-state index in [1.165, 1.54) is 12.1 Å². The Balaban J connectivity index is 1.87. The Hall–Kier alpha value is -0.100. The van der Waals surface area contributed by atoms with Crippen LogP contribution in [0.25, 0.3) is 0 Å². The Kier molecular flexibility index (Phi) is 4.47. The van der Waals surface area contributed by atoms with Crippen LogP contribution in [0.3, 0.4) is 0 Å². The molecule has 0 amide bonds. The van der Waals surface area contributed by atoms with Crippen molar-refractivity contribution in [3.05, 3.63) is 34.1 Å². The molecule has 0 aromatic heterocycles. The molecule has 1 unspecified atom stereocenters. The van der Waals surface area contributed by atoms with Crippen LogP contribution in [0, 0.1) is 5.82 Å². The van der Waals surface area contributed by atoms with Gasteiger partial charge in [-0.1, -0.05) is 15.9 Å². The zero-order valence-corrected chi connectivity index (χ0v) is 11.8. The number of nitrogens with one attached hydrogen (secondary N) is 1. The lowest BCUT2D eigenvalue weighted by Crippen LogP contribution is -2.40. The van der Waals surface area contributed by atoms with Gasteiger partial charge in [-0.05, 0) is 35.9 Å². The molecule has 1 aromatic carbocycles. The first-order valence-corrected chi connectivity index (χ1v) is 7.49. The van der Waals surface area contributed by atoms with Gasteiger partial charge in [-0.25, -0.2) is 4.39 Å². The number of hydrogen-bond donors (Lipinski definition) is 2. The lowest BCUT2D eigenvalue weighted by Gasteiger charge is -2.21. The summed E-state index contributed by atoms with van der Waals surface area (Å²) in [5.74, 6) is 1.56. The largest absolute Gasteiger partial charge is 0.388 e. The number of hydrogen-bond acceptors (Lipinski definition) is 3. The van der Waals surface area contributed by atoms with Crippen molar-refractivity contribution < 1.29 is 9.50 Å². The molecule has 0 aliphatic carbocycles. The van der Waals surface area contributed by atoms with Gasteiger partial charge in [-0.3, -0.25) is 0 Å². The Bertz CT molecular complexity index is 396. The van der Waals surface area contributed by atoms with Crippen LogP contribution in [0.1, 0.15) is 12.0 Å². The van der Waals surface area contributed by atoms with E-state index in [1.807, 2.05) is 0 Å². The van der Waals surface area contributed by atoms with E-state index in [1.54, 1.807) is 17.8 Å². The minimum absolute atomic E-state index is 0.236. The van der Waals surface area contributed by atoms with E-state index in [2.05, 4.69) is 21.2 Å². The minimum Gasteiger partial charge on any atom is -0.388 e. The summed E-state index contributed by atoms with van der Waals surface area (Å²) in [5.41, 5.74) is 0.282. The molecule has 2 rings (SSSR count). The van der Waals surface area contributed by atoms with Crippen molar-refractivity contribution in [2.24, 2.45) is 0 Å². The van der Waals surface area contributed by atoms with Gasteiger partial charge in [0.2, 0.25) is 0 Å². The van der Waals surface area contributed by atoms with E-state index in [-0.39, 0.29) is 5.82 Å². The van der Waals surface area contributed by atoms with Crippen LogP contribution in [0.15, 0.2) is 22.7 Å². The summed E-state index contributed by atoms with van der Waals surface area (Å²) in [6, 6.07) is 4.63. The highest BCUT2D eigenvalue weighted by molar-refractivity contribution is 9.10. The quantitative estimate of drug-likeness (QED) is 0.894. The summed E-state index contributed by atoms with van der Waals surface area (Å²) in [6.45, 7) is 1.12. The smallest absolute Gasteiger partial charge is 0.123 e. The molecular formula is C12H15BrFNOS. The van der Waals surface area contributed by atoms with Crippen molar-refractivity contribution >= 4 is 27.7 Å². The van der Waals surface area contributed by atoms with Crippen LogP contribution < -0.4 is 5.32 Å². The molecule has 1 heterocycles. The molecule has 0 spiro atoms. The number of rotatable bonds is 4. The zero-order valence-electron chi connectivity index (χ0n) is 9.38. The summed E-state index contributed by atoms with van der Waals surface area (Å²) in [7, 11) is 0. The highest BCUT2D eigenvalue weighted by Crippen LogP contribution is 2.27. The lowest BCUT2D eigenvalue weighted by atomic mass is 10.0. The van der Waals surface area contributed by atoms with Crippen LogP contribution in [0.4, 0.5) is 4.39 Å². The fourth-order valence-corrected chi connectivity index (χ4v) is 3.53. The van der Waals surface area contributed by atoms with Crippen LogP contribution in [0.2, 0.25) is 0 Å². The molecule has 2 nitrogen and oxygen atoms in total. The molecule has 94 valence electrons. The molecule has 1 fully saturated rings. The summed E-state index contributed by atoms with van der Waals surface area (Å²) >= 11 is 5.16. The van der Waals surface area contributed by atoms with Gasteiger partial charge in [0.05, 0.1) is 5.60 Å². The number of thioether (sulfide) groups is 1. The first-order valence-electron chi connectivity index (χ1n) is 5.54. The molecule has 17 heavy (non-hydrogen) atoms. The van der Waals surface area contributed by atoms with Crippen LogP contribution >= 0.6 is 27.7 Å². The predicted molar refractivity (Wildman–Crippen MR) is 72.7 cm³/mol. The van der Waals surface area contributed by atoms with E-state index < -0.39 is 5.60 Å². The second-order valence-corrected chi connectivity index (χ2v) is 6.33. The third-order valence-corrected chi connectivity index (χ3v) is 4.87. The van der Waals surface area contributed by atoms with Crippen LogP contribution in [-0.4, -0.2) is 28.8 Å². The van der Waals surface area contributed by atoms with Gasteiger partial charge >= 0.3 is 0 Å². The minimum atomic E-state index is -0.593. The Morgan fingerprint density at radius 3 is 3.06 bits per heavy atom. The molecular weight excluding hydrogens is 305 g/mol. The summed E-state index contributed by atoms with van der Waals surface area (Å²) < 4.78 is 13.9. The zero-order chi connectivity index (χ0) is 12.3. The third-order valence-electron chi connectivity index (χ3n) is 2.86. The average molecular weight is 320 g/mol. The van der Waals surface area contributed by atoms with Gasteiger partial charge in [0.25, 0.3) is 0 Å². The average Bonchev–Trinajstić information content (AvgIpc) is 2.71. The van der Waals surface area contributed by atoms with E-state index in [9.17, 15) is 9.50 Å². The summed E-state index contributed by atoms with van der Waals surface area (Å²) in [6.07, 6.45) is 0.828. The van der Waals surface area contributed by atoms with Crippen LogP contribution in [-0.2, 0) is 6.54 Å². The van der Waals surface area contributed by atoms with Gasteiger partial charge in [0.1, 0.15) is 5.82 Å². The fourth-order valence-electron chi connectivity index (χ4n) is 1.84. The maximum atomic E-state index is 13.0. The molecule has 1 aromatic rings. The molecule has 5 heteroatoms. The molecule has 0 saturated carbocycles. The highest BCUT2D eigenvalue weighted by atomic mass is 79.9. The Labute approximate surface area is 113 Å². The summed E-state index contributed by atoms with van der Waals surface area (Å²) in [4.78, 5) is 0. The molecule has 1 atom stereocenters. The van der Waals surface area contributed by atoms with Crippen LogP contribution in [0.5, 0.6) is 0 Å². The van der Waals surface area contributed by atoms with E-state index in [4.69, 9.17) is 0 Å². The van der Waals surface area contributed by atoms with Crippen molar-refractivity contribution in [2.75, 3.05) is 18.1 Å². The van der Waals surface area contributed by atoms with Gasteiger partial charge < -0.3 is 10.4 Å². The second-order valence-electron chi connectivity index (χ2n) is 4.37. The van der Waals surface area contributed by atoms with Gasteiger partial charge in [-0.2, -0.15) is 11.8 Å². The third kappa shape index (κ3) is 3.68. The fraction of sp³-hybridized carbons (Fsp3) is 0.500. The van der Waals surface area contributed by atoms with E-state index >= 15 is 0 Å². The van der Waals surface area contributed by atoms with Gasteiger partial charge in [0, 0.05) is 23.3 Å². The molecule has 1 aliphatic heterocycles. The molecule has 1 aliphatic rings. The molecule has 2 N–H and O–H groups in total. The monoisotopic (exact) mass is 319 g/mol. The first kappa shape index (κ1) is 13.3. The topological polar surface area (TPSA) is 32.3 Å². The van der Waals surface area contributed by atoms with Crippen molar-refractivity contribution in [3.63, 3.8) is 0 Å². The van der Waals surface area contributed by atoms with E-state index in [0.29, 0.717) is 13.1 Å². The second kappa shape index (κ2) is 5.69. The highest BCUT2D eigenvalue weighted by Gasteiger charge is 2.30. The molecule has 0 radical (unpaired) electrons. The van der Waals surface area contributed by atoms with E-state index in [0.717, 1.165) is 28.0 Å². The molecule has 1 saturated heterocycles. The van der Waals surface area contributed by atoms with Gasteiger partial charge in [0.15, 0.2) is 0 Å². The predicted octanol–water partition coefficient (Wildman–Crippen LogP) is 2.55. The number of halogens is 2. The standard InChI is InChI=1S/C12H15BrFNOS/c13-11-2-1-10(14)5-9(11)6-15-7-12(16)3-4-17-8-12/h1-2,5,15-16H,3-4,6-8H2. The number of benzene rings is 1. The molecule has 0 bridgehead atoms.